The van der Waals surface area contributed by atoms with Crippen LogP contribution in [0.25, 0.3) is 0 Å². The van der Waals surface area contributed by atoms with Crippen LogP contribution < -0.4 is 10.6 Å². The number of nitriles is 2. The standard InChI is InChI=1S/C17H20N4O2S/c1-17(2,3)23-16(22)21-14-7-5-6-12(8-14)11-20-15(24-4)13(9-18)10-19/h5-8,20H,11H2,1-4H3,(H,21,22). The van der Waals surface area contributed by atoms with E-state index in [1.807, 2.05) is 24.3 Å². The van der Waals surface area contributed by atoms with Crippen LogP contribution in [0.3, 0.4) is 0 Å². The summed E-state index contributed by atoms with van der Waals surface area (Å²) in [6, 6.07) is 11.0. The number of benzene rings is 1. The van der Waals surface area contributed by atoms with Crippen molar-refractivity contribution >= 4 is 23.5 Å². The predicted molar refractivity (Wildman–Crippen MR) is 94.9 cm³/mol. The van der Waals surface area contributed by atoms with E-state index in [9.17, 15) is 4.79 Å². The van der Waals surface area contributed by atoms with Crippen molar-refractivity contribution in [1.29, 1.82) is 10.5 Å². The molecule has 6 nitrogen and oxygen atoms in total. The molecule has 7 heteroatoms. The molecule has 0 radical (unpaired) electrons. The van der Waals surface area contributed by atoms with Crippen molar-refractivity contribution < 1.29 is 9.53 Å². The molecule has 0 saturated heterocycles. The minimum atomic E-state index is -0.563. The van der Waals surface area contributed by atoms with E-state index in [4.69, 9.17) is 15.3 Å². The molecule has 0 fully saturated rings. The van der Waals surface area contributed by atoms with Gasteiger partial charge in [-0.15, -0.1) is 11.8 Å². The third-order valence-corrected chi connectivity index (χ3v) is 3.44. The summed E-state index contributed by atoms with van der Waals surface area (Å²) in [6.45, 7) is 5.81. The summed E-state index contributed by atoms with van der Waals surface area (Å²) in [6.07, 6.45) is 1.27. The van der Waals surface area contributed by atoms with Crippen molar-refractivity contribution in [3.05, 3.63) is 40.4 Å². The van der Waals surface area contributed by atoms with Crippen molar-refractivity contribution in [3.8, 4) is 12.1 Å². The first-order valence-electron chi connectivity index (χ1n) is 7.20. The number of hydrogen-bond acceptors (Lipinski definition) is 6. The number of hydrogen-bond donors (Lipinski definition) is 2. The molecule has 1 aromatic rings. The van der Waals surface area contributed by atoms with Crippen LogP contribution in [-0.2, 0) is 11.3 Å². The molecule has 0 spiro atoms. The van der Waals surface area contributed by atoms with Crippen LogP contribution in [-0.4, -0.2) is 18.0 Å². The van der Waals surface area contributed by atoms with Crippen molar-refractivity contribution in [1.82, 2.24) is 5.32 Å². The Morgan fingerprint density at radius 1 is 1.29 bits per heavy atom. The average Bonchev–Trinajstić information content (AvgIpc) is 2.49. The van der Waals surface area contributed by atoms with Gasteiger partial charge >= 0.3 is 6.09 Å². The van der Waals surface area contributed by atoms with Gasteiger partial charge in [-0.2, -0.15) is 10.5 Å². The molecular formula is C17H20N4O2S. The number of thioether (sulfide) groups is 1. The highest BCUT2D eigenvalue weighted by atomic mass is 32.2. The van der Waals surface area contributed by atoms with Crippen LogP contribution in [0.15, 0.2) is 34.9 Å². The van der Waals surface area contributed by atoms with Crippen LogP contribution in [0.4, 0.5) is 10.5 Å². The van der Waals surface area contributed by atoms with Gasteiger partial charge in [0.2, 0.25) is 0 Å². The van der Waals surface area contributed by atoms with E-state index in [2.05, 4.69) is 10.6 Å². The summed E-state index contributed by atoms with van der Waals surface area (Å²) in [7, 11) is 0. The van der Waals surface area contributed by atoms with E-state index >= 15 is 0 Å². The van der Waals surface area contributed by atoms with Crippen LogP contribution in [0, 0.1) is 22.7 Å². The topological polar surface area (TPSA) is 97.9 Å². The third kappa shape index (κ3) is 6.64. The second-order valence-electron chi connectivity index (χ2n) is 5.81. The Morgan fingerprint density at radius 2 is 1.96 bits per heavy atom. The van der Waals surface area contributed by atoms with E-state index in [1.165, 1.54) is 11.8 Å². The Bertz CT molecular complexity index is 693. The van der Waals surface area contributed by atoms with Gasteiger partial charge < -0.3 is 10.1 Å². The van der Waals surface area contributed by atoms with Gasteiger partial charge in [-0.3, -0.25) is 5.32 Å². The Balaban J connectivity index is 2.76. The van der Waals surface area contributed by atoms with Crippen molar-refractivity contribution in [3.63, 3.8) is 0 Å². The average molecular weight is 344 g/mol. The van der Waals surface area contributed by atoms with Gasteiger partial charge in [0, 0.05) is 12.2 Å². The molecule has 1 rings (SSSR count). The first-order valence-corrected chi connectivity index (χ1v) is 8.43. The van der Waals surface area contributed by atoms with Crippen LogP contribution >= 0.6 is 11.8 Å². The zero-order chi connectivity index (χ0) is 18.2. The molecular weight excluding hydrogens is 324 g/mol. The van der Waals surface area contributed by atoms with Gasteiger partial charge in [0.25, 0.3) is 0 Å². The number of nitrogens with one attached hydrogen (secondary N) is 2. The summed E-state index contributed by atoms with van der Waals surface area (Å²) >= 11 is 1.30. The summed E-state index contributed by atoms with van der Waals surface area (Å²) in [5.74, 6) is 0. The molecule has 1 amide bonds. The number of ether oxygens (including phenoxy) is 1. The summed E-state index contributed by atoms with van der Waals surface area (Å²) in [5, 5.41) is 24.1. The largest absolute Gasteiger partial charge is 0.444 e. The van der Waals surface area contributed by atoms with Crippen LogP contribution in [0.2, 0.25) is 0 Å². The maximum absolute atomic E-state index is 11.8. The zero-order valence-electron chi connectivity index (χ0n) is 14.1. The molecule has 0 saturated carbocycles. The van der Waals surface area contributed by atoms with Gasteiger partial charge in [-0.1, -0.05) is 12.1 Å². The highest BCUT2D eigenvalue weighted by Gasteiger charge is 2.16. The minimum Gasteiger partial charge on any atom is -0.444 e. The van der Waals surface area contributed by atoms with Crippen LogP contribution in [0.1, 0.15) is 26.3 Å². The van der Waals surface area contributed by atoms with Crippen molar-refractivity contribution in [2.75, 3.05) is 11.6 Å². The second-order valence-corrected chi connectivity index (χ2v) is 6.63. The number of anilines is 1. The molecule has 0 unspecified atom stereocenters. The molecule has 1 aromatic carbocycles. The highest BCUT2D eigenvalue weighted by Crippen LogP contribution is 2.16. The first-order chi connectivity index (χ1) is 11.3. The lowest BCUT2D eigenvalue weighted by atomic mass is 10.2. The Morgan fingerprint density at radius 3 is 2.50 bits per heavy atom. The quantitative estimate of drug-likeness (QED) is 0.790. The lowest BCUT2D eigenvalue weighted by molar-refractivity contribution is 0.0636. The minimum absolute atomic E-state index is 0.0468. The highest BCUT2D eigenvalue weighted by molar-refractivity contribution is 8.02. The number of carbonyl (C=O) groups is 1. The van der Waals surface area contributed by atoms with Crippen molar-refractivity contribution in [2.24, 2.45) is 0 Å². The van der Waals surface area contributed by atoms with E-state index in [1.54, 1.807) is 39.2 Å². The maximum Gasteiger partial charge on any atom is 0.412 e. The Labute approximate surface area is 146 Å². The normalized spacial score (nSPS) is 10.1. The fourth-order valence-corrected chi connectivity index (χ4v) is 2.26. The SMILES string of the molecule is CSC(NCc1cccc(NC(=O)OC(C)(C)C)c1)=C(C#N)C#N. The molecule has 0 aliphatic carbocycles. The summed E-state index contributed by atoms with van der Waals surface area (Å²) in [5.41, 5.74) is 0.988. The summed E-state index contributed by atoms with van der Waals surface area (Å²) in [4.78, 5) is 11.8. The van der Waals surface area contributed by atoms with Gasteiger partial charge in [-0.25, -0.2) is 4.79 Å². The Kier molecular flexibility index (Phi) is 7.16. The van der Waals surface area contributed by atoms with Gasteiger partial charge in [0.05, 0.1) is 5.03 Å². The van der Waals surface area contributed by atoms with E-state index in [0.717, 1.165) is 5.56 Å². The molecule has 24 heavy (non-hydrogen) atoms. The van der Waals surface area contributed by atoms with Crippen molar-refractivity contribution in [2.45, 2.75) is 32.9 Å². The lowest BCUT2D eigenvalue weighted by Crippen LogP contribution is -2.27. The smallest absolute Gasteiger partial charge is 0.412 e. The number of amides is 1. The number of rotatable bonds is 5. The molecule has 0 atom stereocenters. The molecule has 2 N–H and O–H groups in total. The molecule has 0 aromatic heterocycles. The van der Waals surface area contributed by atoms with E-state index < -0.39 is 11.7 Å². The first kappa shape index (κ1) is 19.4. The fraction of sp³-hybridized carbons (Fsp3) is 0.353. The van der Waals surface area contributed by atoms with Gasteiger partial charge in [0.15, 0.2) is 5.57 Å². The fourth-order valence-electron chi connectivity index (χ4n) is 1.75. The molecule has 0 aliphatic rings. The third-order valence-electron chi connectivity index (χ3n) is 2.68. The monoisotopic (exact) mass is 344 g/mol. The molecule has 0 heterocycles. The number of nitrogens with zero attached hydrogens (tertiary/aromatic N) is 2. The van der Waals surface area contributed by atoms with Crippen LogP contribution in [0.5, 0.6) is 0 Å². The summed E-state index contributed by atoms with van der Waals surface area (Å²) < 4.78 is 5.21. The van der Waals surface area contributed by atoms with Gasteiger partial charge in [0.1, 0.15) is 17.7 Å². The second kappa shape index (κ2) is 8.85. The Hall–Kier alpha value is -2.64. The number of carbonyl (C=O) groups excluding carboxylic acids is 1. The van der Waals surface area contributed by atoms with E-state index in [-0.39, 0.29) is 5.57 Å². The maximum atomic E-state index is 11.8. The molecule has 126 valence electrons. The van der Waals surface area contributed by atoms with Gasteiger partial charge in [-0.05, 0) is 44.7 Å². The van der Waals surface area contributed by atoms with E-state index in [0.29, 0.717) is 17.3 Å². The number of allylic oxidation sites excluding steroid dienone is 1. The molecule has 0 bridgehead atoms. The lowest BCUT2D eigenvalue weighted by Gasteiger charge is -2.19. The zero-order valence-corrected chi connectivity index (χ0v) is 15.0. The molecule has 0 aliphatic heterocycles. The predicted octanol–water partition coefficient (Wildman–Crippen LogP) is 3.74.